The van der Waals surface area contributed by atoms with Crippen molar-refractivity contribution in [3.8, 4) is 0 Å². The summed E-state index contributed by atoms with van der Waals surface area (Å²) in [6.45, 7) is 0. The fourth-order valence-corrected chi connectivity index (χ4v) is 3.09. The first-order valence-electron chi connectivity index (χ1n) is 7.20. The van der Waals surface area contributed by atoms with Crippen molar-refractivity contribution in [2.45, 2.75) is 38.0 Å². The van der Waals surface area contributed by atoms with Gasteiger partial charge in [-0.2, -0.15) is 5.10 Å². The molecule has 1 aromatic heterocycles. The maximum atomic E-state index is 13.0. The van der Waals surface area contributed by atoms with Crippen molar-refractivity contribution in [2.75, 3.05) is 0 Å². The Morgan fingerprint density at radius 1 is 1.33 bits per heavy atom. The highest BCUT2D eigenvalue weighted by atomic mass is 19.1. The molecule has 3 rings (SSSR count). The molecular formula is C16H17FN2O2. The minimum Gasteiger partial charge on any atom is -0.476 e. The maximum Gasteiger partial charge on any atom is 0.356 e. The van der Waals surface area contributed by atoms with E-state index in [0.29, 0.717) is 0 Å². The summed E-state index contributed by atoms with van der Waals surface area (Å²) in [6, 6.07) is 6.49. The Morgan fingerprint density at radius 3 is 2.81 bits per heavy atom. The predicted molar refractivity (Wildman–Crippen MR) is 75.9 cm³/mol. The number of carboxylic acid groups (broad SMARTS) is 1. The Hall–Kier alpha value is -2.17. The first-order valence-corrected chi connectivity index (χ1v) is 7.20. The zero-order valence-electron chi connectivity index (χ0n) is 11.6. The minimum absolute atomic E-state index is 0.149. The van der Waals surface area contributed by atoms with Gasteiger partial charge in [0.1, 0.15) is 5.82 Å². The second kappa shape index (κ2) is 5.68. The number of aromatic carboxylic acids is 1. The van der Waals surface area contributed by atoms with Gasteiger partial charge in [0.25, 0.3) is 0 Å². The summed E-state index contributed by atoms with van der Waals surface area (Å²) in [5, 5.41) is 16.1. The summed E-state index contributed by atoms with van der Waals surface area (Å²) < 4.78 is 13.0. The molecular weight excluding hydrogens is 271 g/mol. The summed E-state index contributed by atoms with van der Waals surface area (Å²) in [4.78, 5) is 11.2. The second-order valence-corrected chi connectivity index (χ2v) is 5.54. The average Bonchev–Trinajstić information content (AvgIpc) is 2.79. The molecule has 0 bridgehead atoms. The number of hydrogen-bond acceptors (Lipinski definition) is 2. The van der Waals surface area contributed by atoms with Crippen LogP contribution in [0.2, 0.25) is 0 Å². The fraction of sp³-hybridized carbons (Fsp3) is 0.375. The van der Waals surface area contributed by atoms with Crippen LogP contribution in [0, 0.1) is 5.82 Å². The number of nitrogens with one attached hydrogen (secondary N) is 1. The number of fused-ring (bicyclic) bond motifs is 1. The van der Waals surface area contributed by atoms with Crippen molar-refractivity contribution in [1.29, 1.82) is 0 Å². The molecule has 0 radical (unpaired) electrons. The van der Waals surface area contributed by atoms with E-state index in [1.165, 1.54) is 12.1 Å². The van der Waals surface area contributed by atoms with Crippen molar-refractivity contribution in [3.05, 3.63) is 52.6 Å². The minimum atomic E-state index is -0.977. The van der Waals surface area contributed by atoms with Crippen LogP contribution in [0.5, 0.6) is 0 Å². The van der Waals surface area contributed by atoms with E-state index in [9.17, 15) is 14.3 Å². The van der Waals surface area contributed by atoms with Gasteiger partial charge in [-0.3, -0.25) is 5.10 Å². The molecule has 0 amide bonds. The smallest absolute Gasteiger partial charge is 0.356 e. The van der Waals surface area contributed by atoms with Gasteiger partial charge in [-0.15, -0.1) is 0 Å². The van der Waals surface area contributed by atoms with Crippen molar-refractivity contribution >= 4 is 5.97 Å². The topological polar surface area (TPSA) is 66.0 Å². The number of benzene rings is 1. The van der Waals surface area contributed by atoms with E-state index >= 15 is 0 Å². The second-order valence-electron chi connectivity index (χ2n) is 5.54. The number of rotatable bonds is 3. The third-order valence-electron chi connectivity index (χ3n) is 4.13. The molecule has 1 aliphatic carbocycles. The normalized spacial score (nSPS) is 18.0. The Kier molecular flexibility index (Phi) is 3.73. The number of nitrogens with zero attached hydrogens (tertiary/aromatic N) is 1. The molecule has 1 aromatic carbocycles. The molecule has 21 heavy (non-hydrogen) atoms. The molecule has 1 aliphatic rings. The summed E-state index contributed by atoms with van der Waals surface area (Å²) in [6.07, 6.45) is 4.56. The molecule has 2 aromatic rings. The standard InChI is InChI=1S/C16H17FN2O2/c17-12-7-5-10(6-8-12)9-11-3-1-2-4-13-14(11)18-19-15(13)16(20)21/h5-8,11H,1-4,9H2,(H,18,19)(H,20,21). The van der Waals surface area contributed by atoms with E-state index in [1.807, 2.05) is 0 Å². The Bertz CT molecular complexity index is 649. The van der Waals surface area contributed by atoms with E-state index in [0.717, 1.165) is 48.9 Å². The van der Waals surface area contributed by atoms with Crippen LogP contribution in [-0.2, 0) is 12.8 Å². The number of hydrogen-bond donors (Lipinski definition) is 2. The number of aromatic amines is 1. The zero-order valence-corrected chi connectivity index (χ0v) is 11.6. The van der Waals surface area contributed by atoms with Crippen molar-refractivity contribution in [2.24, 2.45) is 0 Å². The molecule has 0 saturated carbocycles. The molecule has 0 fully saturated rings. The highest BCUT2D eigenvalue weighted by Gasteiger charge is 2.26. The molecule has 0 aliphatic heterocycles. The van der Waals surface area contributed by atoms with Crippen LogP contribution in [0.25, 0.3) is 0 Å². The van der Waals surface area contributed by atoms with Crippen LogP contribution < -0.4 is 0 Å². The van der Waals surface area contributed by atoms with Crippen LogP contribution >= 0.6 is 0 Å². The number of halogens is 1. The first kappa shape index (κ1) is 13.8. The van der Waals surface area contributed by atoms with Crippen molar-refractivity contribution in [1.82, 2.24) is 10.2 Å². The summed E-state index contributed by atoms with van der Waals surface area (Å²) in [7, 11) is 0. The molecule has 110 valence electrons. The average molecular weight is 288 g/mol. The molecule has 4 nitrogen and oxygen atoms in total. The maximum absolute atomic E-state index is 13.0. The largest absolute Gasteiger partial charge is 0.476 e. The zero-order chi connectivity index (χ0) is 14.8. The quantitative estimate of drug-likeness (QED) is 0.852. The van der Waals surface area contributed by atoms with E-state index in [1.54, 1.807) is 12.1 Å². The van der Waals surface area contributed by atoms with E-state index in [4.69, 9.17) is 0 Å². The lowest BCUT2D eigenvalue weighted by Crippen LogP contribution is -2.05. The predicted octanol–water partition coefficient (Wildman–Crippen LogP) is 3.30. The molecule has 5 heteroatoms. The SMILES string of the molecule is O=C(O)c1n[nH]c2c1CCCCC2Cc1ccc(F)cc1. The van der Waals surface area contributed by atoms with Gasteiger partial charge < -0.3 is 5.11 Å². The highest BCUT2D eigenvalue weighted by Crippen LogP contribution is 2.33. The van der Waals surface area contributed by atoms with Crippen LogP contribution in [0.1, 0.15) is 52.5 Å². The number of aromatic nitrogens is 2. The third-order valence-corrected chi connectivity index (χ3v) is 4.13. The Labute approximate surface area is 122 Å². The van der Waals surface area contributed by atoms with Gasteiger partial charge in [0.05, 0.1) is 0 Å². The number of carbonyl (C=O) groups is 1. The van der Waals surface area contributed by atoms with Crippen molar-refractivity contribution in [3.63, 3.8) is 0 Å². The van der Waals surface area contributed by atoms with Gasteiger partial charge in [-0.05, 0) is 43.4 Å². The molecule has 1 unspecified atom stereocenters. The van der Waals surface area contributed by atoms with Gasteiger partial charge in [0, 0.05) is 17.2 Å². The molecule has 0 saturated heterocycles. The monoisotopic (exact) mass is 288 g/mol. The van der Waals surface area contributed by atoms with E-state index < -0.39 is 5.97 Å². The van der Waals surface area contributed by atoms with Crippen LogP contribution in [0.3, 0.4) is 0 Å². The lowest BCUT2D eigenvalue weighted by molar-refractivity contribution is 0.0689. The fourth-order valence-electron chi connectivity index (χ4n) is 3.09. The third kappa shape index (κ3) is 2.82. The lowest BCUT2D eigenvalue weighted by atomic mass is 9.91. The van der Waals surface area contributed by atoms with Gasteiger partial charge >= 0.3 is 5.97 Å². The van der Waals surface area contributed by atoms with E-state index in [-0.39, 0.29) is 17.4 Å². The number of H-pyrrole nitrogens is 1. The van der Waals surface area contributed by atoms with Gasteiger partial charge in [0.2, 0.25) is 0 Å². The van der Waals surface area contributed by atoms with Gasteiger partial charge in [-0.1, -0.05) is 18.6 Å². The highest BCUT2D eigenvalue weighted by molar-refractivity contribution is 5.87. The lowest BCUT2D eigenvalue weighted by Gasteiger charge is -2.14. The van der Waals surface area contributed by atoms with Crippen LogP contribution in [0.4, 0.5) is 4.39 Å². The Balaban J connectivity index is 1.89. The van der Waals surface area contributed by atoms with Crippen LogP contribution in [-0.4, -0.2) is 21.3 Å². The summed E-state index contributed by atoms with van der Waals surface area (Å²) in [5.41, 5.74) is 2.98. The number of carboxylic acids is 1. The first-order chi connectivity index (χ1) is 10.1. The molecule has 1 atom stereocenters. The summed E-state index contributed by atoms with van der Waals surface area (Å²) >= 11 is 0. The van der Waals surface area contributed by atoms with Gasteiger partial charge in [0.15, 0.2) is 5.69 Å². The van der Waals surface area contributed by atoms with Crippen LogP contribution in [0.15, 0.2) is 24.3 Å². The van der Waals surface area contributed by atoms with E-state index in [2.05, 4.69) is 10.2 Å². The van der Waals surface area contributed by atoms with Crippen molar-refractivity contribution < 1.29 is 14.3 Å². The molecule has 2 N–H and O–H groups in total. The van der Waals surface area contributed by atoms with Gasteiger partial charge in [-0.25, -0.2) is 9.18 Å². The molecule has 1 heterocycles. The summed E-state index contributed by atoms with van der Waals surface area (Å²) in [5.74, 6) is -1.00. The molecule has 0 spiro atoms. The Morgan fingerprint density at radius 2 is 2.10 bits per heavy atom.